The van der Waals surface area contributed by atoms with Crippen LogP contribution in [0.4, 0.5) is 11.4 Å². The quantitative estimate of drug-likeness (QED) is 0.815. The molecule has 0 radical (unpaired) electrons. The number of hydrogen-bond donors (Lipinski definition) is 2. The van der Waals surface area contributed by atoms with Crippen LogP contribution in [-0.2, 0) is 4.74 Å². The lowest BCUT2D eigenvalue weighted by atomic mass is 10.1. The highest BCUT2D eigenvalue weighted by molar-refractivity contribution is 5.66. The maximum atomic E-state index is 5.86. The second-order valence-corrected chi connectivity index (χ2v) is 4.65. The molecule has 19 heavy (non-hydrogen) atoms. The van der Waals surface area contributed by atoms with Gasteiger partial charge in [-0.1, -0.05) is 0 Å². The van der Waals surface area contributed by atoms with Crippen LogP contribution >= 0.6 is 0 Å². The van der Waals surface area contributed by atoms with E-state index in [0.29, 0.717) is 11.7 Å². The molecule has 100 valence electrons. The summed E-state index contributed by atoms with van der Waals surface area (Å²) < 4.78 is 7.09. The highest BCUT2D eigenvalue weighted by Gasteiger charge is 2.15. The molecule has 3 rings (SSSR count). The Hall–Kier alpha value is -2.08. The van der Waals surface area contributed by atoms with Crippen LogP contribution in [0.15, 0.2) is 30.9 Å². The molecular weight excluding hydrogens is 242 g/mol. The summed E-state index contributed by atoms with van der Waals surface area (Å²) in [5.74, 6) is 0. The lowest BCUT2D eigenvalue weighted by Crippen LogP contribution is -2.28. The van der Waals surface area contributed by atoms with E-state index < -0.39 is 0 Å². The number of nitrogens with one attached hydrogen (secondary N) is 1. The lowest BCUT2D eigenvalue weighted by molar-refractivity contribution is 0.0904. The summed E-state index contributed by atoms with van der Waals surface area (Å²) in [6, 6.07) is 6.21. The number of nitrogen functional groups attached to an aromatic ring is 1. The number of ether oxygens (including phenoxy) is 1. The van der Waals surface area contributed by atoms with E-state index in [0.717, 1.165) is 37.4 Å². The standard InChI is InChI=1S/C13H17N5O/c14-10-1-2-12(17-11-3-5-19-6-4-11)13(7-10)18-9-15-8-16-18/h1-2,7-9,11,17H,3-6,14H2. The third-order valence-electron chi connectivity index (χ3n) is 3.27. The molecule has 1 aliphatic heterocycles. The van der Waals surface area contributed by atoms with Gasteiger partial charge in [0.15, 0.2) is 0 Å². The van der Waals surface area contributed by atoms with Crippen molar-refractivity contribution >= 4 is 11.4 Å². The van der Waals surface area contributed by atoms with Crippen LogP contribution < -0.4 is 11.1 Å². The molecule has 0 saturated carbocycles. The summed E-state index contributed by atoms with van der Waals surface area (Å²) in [6.45, 7) is 1.62. The van der Waals surface area contributed by atoms with Crippen molar-refractivity contribution in [2.24, 2.45) is 0 Å². The first-order chi connectivity index (χ1) is 9.33. The smallest absolute Gasteiger partial charge is 0.138 e. The van der Waals surface area contributed by atoms with Crippen LogP contribution in [0.25, 0.3) is 5.69 Å². The van der Waals surface area contributed by atoms with Crippen molar-refractivity contribution in [3.05, 3.63) is 30.9 Å². The minimum Gasteiger partial charge on any atom is -0.399 e. The Morgan fingerprint density at radius 2 is 2.16 bits per heavy atom. The largest absolute Gasteiger partial charge is 0.399 e. The zero-order chi connectivity index (χ0) is 13.1. The van der Waals surface area contributed by atoms with Gasteiger partial charge in [0.1, 0.15) is 12.7 Å². The lowest BCUT2D eigenvalue weighted by Gasteiger charge is -2.25. The summed E-state index contributed by atoms with van der Waals surface area (Å²) in [4.78, 5) is 3.98. The van der Waals surface area contributed by atoms with E-state index >= 15 is 0 Å². The molecule has 0 atom stereocenters. The molecule has 2 heterocycles. The number of nitrogens with zero attached hydrogens (tertiary/aromatic N) is 3. The average molecular weight is 259 g/mol. The number of aromatic nitrogens is 3. The molecular formula is C13H17N5O. The Labute approximate surface area is 111 Å². The molecule has 0 spiro atoms. The van der Waals surface area contributed by atoms with Gasteiger partial charge >= 0.3 is 0 Å². The van der Waals surface area contributed by atoms with Crippen molar-refractivity contribution in [3.8, 4) is 5.69 Å². The van der Waals surface area contributed by atoms with E-state index in [-0.39, 0.29) is 0 Å². The molecule has 6 nitrogen and oxygen atoms in total. The van der Waals surface area contributed by atoms with Crippen molar-refractivity contribution in [1.29, 1.82) is 0 Å². The van der Waals surface area contributed by atoms with Gasteiger partial charge in [-0.15, -0.1) is 0 Å². The van der Waals surface area contributed by atoms with Gasteiger partial charge in [0, 0.05) is 24.9 Å². The van der Waals surface area contributed by atoms with Gasteiger partial charge in [0.2, 0.25) is 0 Å². The van der Waals surface area contributed by atoms with E-state index in [9.17, 15) is 0 Å². The van der Waals surface area contributed by atoms with Gasteiger partial charge in [-0.2, -0.15) is 5.10 Å². The van der Waals surface area contributed by atoms with Gasteiger partial charge in [-0.3, -0.25) is 0 Å². The van der Waals surface area contributed by atoms with Gasteiger partial charge in [0.05, 0.1) is 11.4 Å². The van der Waals surface area contributed by atoms with E-state index in [2.05, 4.69) is 15.4 Å². The molecule has 1 fully saturated rings. The third-order valence-corrected chi connectivity index (χ3v) is 3.27. The highest BCUT2D eigenvalue weighted by Crippen LogP contribution is 2.24. The fraction of sp³-hybridized carbons (Fsp3) is 0.385. The number of rotatable bonds is 3. The monoisotopic (exact) mass is 259 g/mol. The van der Waals surface area contributed by atoms with Crippen molar-refractivity contribution in [1.82, 2.24) is 14.8 Å². The van der Waals surface area contributed by atoms with E-state index in [1.54, 1.807) is 11.0 Å². The topological polar surface area (TPSA) is 78.0 Å². The molecule has 2 aromatic rings. The average Bonchev–Trinajstić information content (AvgIpc) is 2.96. The van der Waals surface area contributed by atoms with E-state index in [1.807, 2.05) is 18.2 Å². The molecule has 6 heteroatoms. The van der Waals surface area contributed by atoms with Crippen LogP contribution in [0.5, 0.6) is 0 Å². The van der Waals surface area contributed by atoms with E-state index in [4.69, 9.17) is 10.5 Å². The number of anilines is 2. The fourth-order valence-corrected chi connectivity index (χ4v) is 2.25. The van der Waals surface area contributed by atoms with Crippen LogP contribution in [0.3, 0.4) is 0 Å². The van der Waals surface area contributed by atoms with Gasteiger partial charge in [-0.25, -0.2) is 9.67 Å². The predicted molar refractivity (Wildman–Crippen MR) is 73.2 cm³/mol. The summed E-state index contributed by atoms with van der Waals surface area (Å²) in [5.41, 5.74) is 8.51. The fourth-order valence-electron chi connectivity index (χ4n) is 2.25. The second-order valence-electron chi connectivity index (χ2n) is 4.65. The van der Waals surface area contributed by atoms with Crippen molar-refractivity contribution < 1.29 is 4.74 Å². The maximum Gasteiger partial charge on any atom is 0.138 e. The van der Waals surface area contributed by atoms with Gasteiger partial charge in [0.25, 0.3) is 0 Å². The summed E-state index contributed by atoms with van der Waals surface area (Å²) in [6.07, 6.45) is 5.22. The van der Waals surface area contributed by atoms with E-state index in [1.165, 1.54) is 6.33 Å². The Balaban J connectivity index is 1.87. The summed E-state index contributed by atoms with van der Waals surface area (Å²) in [5, 5.41) is 7.71. The highest BCUT2D eigenvalue weighted by atomic mass is 16.5. The van der Waals surface area contributed by atoms with Crippen LogP contribution in [-0.4, -0.2) is 34.0 Å². The van der Waals surface area contributed by atoms with Gasteiger partial charge in [-0.05, 0) is 31.0 Å². The Morgan fingerprint density at radius 1 is 1.32 bits per heavy atom. The molecule has 0 bridgehead atoms. The number of benzene rings is 1. The molecule has 0 unspecified atom stereocenters. The van der Waals surface area contributed by atoms with Crippen molar-refractivity contribution in [3.63, 3.8) is 0 Å². The SMILES string of the molecule is Nc1ccc(NC2CCOCC2)c(-n2cncn2)c1. The predicted octanol–water partition coefficient (Wildman–Crippen LogP) is 1.44. The number of nitrogens with two attached hydrogens (primary N) is 1. The molecule has 1 aromatic carbocycles. The Kier molecular flexibility index (Phi) is 3.33. The molecule has 1 aromatic heterocycles. The van der Waals surface area contributed by atoms with Crippen LogP contribution in [0.1, 0.15) is 12.8 Å². The summed E-state index contributed by atoms with van der Waals surface area (Å²) >= 11 is 0. The zero-order valence-corrected chi connectivity index (χ0v) is 10.6. The zero-order valence-electron chi connectivity index (χ0n) is 10.6. The molecule has 1 aliphatic rings. The van der Waals surface area contributed by atoms with Crippen LogP contribution in [0.2, 0.25) is 0 Å². The maximum absolute atomic E-state index is 5.86. The molecule has 0 aliphatic carbocycles. The molecule has 1 saturated heterocycles. The Bertz CT molecular complexity index is 534. The minimum atomic E-state index is 0.430. The normalized spacial score (nSPS) is 16.4. The number of hydrogen-bond acceptors (Lipinski definition) is 5. The first kappa shape index (κ1) is 12.0. The Morgan fingerprint density at radius 3 is 2.89 bits per heavy atom. The summed E-state index contributed by atoms with van der Waals surface area (Å²) in [7, 11) is 0. The van der Waals surface area contributed by atoms with Crippen LogP contribution in [0, 0.1) is 0 Å². The minimum absolute atomic E-state index is 0.430. The van der Waals surface area contributed by atoms with Crippen molar-refractivity contribution in [2.45, 2.75) is 18.9 Å². The molecule has 0 amide bonds. The van der Waals surface area contributed by atoms with Crippen molar-refractivity contribution in [2.75, 3.05) is 24.3 Å². The first-order valence-corrected chi connectivity index (χ1v) is 6.42. The third kappa shape index (κ3) is 2.68. The second kappa shape index (κ2) is 5.27. The first-order valence-electron chi connectivity index (χ1n) is 6.42. The van der Waals surface area contributed by atoms with Gasteiger partial charge < -0.3 is 15.8 Å². The molecule has 3 N–H and O–H groups in total.